The van der Waals surface area contributed by atoms with Gasteiger partial charge in [-0.25, -0.2) is 9.78 Å². The van der Waals surface area contributed by atoms with Crippen molar-refractivity contribution in [3.63, 3.8) is 0 Å². The van der Waals surface area contributed by atoms with Gasteiger partial charge in [0, 0.05) is 13.2 Å². The number of imidazole rings is 1. The predicted octanol–water partition coefficient (Wildman–Crippen LogP) is 0.424. The molecule has 18 heavy (non-hydrogen) atoms. The van der Waals surface area contributed by atoms with Crippen molar-refractivity contribution in [2.24, 2.45) is 7.05 Å². The van der Waals surface area contributed by atoms with Crippen LogP contribution in [-0.4, -0.2) is 31.9 Å². The predicted molar refractivity (Wildman–Crippen MR) is 64.9 cm³/mol. The first-order valence-corrected chi connectivity index (χ1v) is 5.58. The van der Waals surface area contributed by atoms with E-state index in [2.05, 4.69) is 10.1 Å². The molecule has 0 amide bonds. The number of nitrogens with zero attached hydrogens (tertiary/aromatic N) is 4. The lowest BCUT2D eigenvalue weighted by atomic mass is 10.4. The molecule has 2 aromatic rings. The van der Waals surface area contributed by atoms with Gasteiger partial charge >= 0.3 is 5.97 Å². The van der Waals surface area contributed by atoms with E-state index in [-0.39, 0.29) is 5.69 Å². The van der Waals surface area contributed by atoms with E-state index in [9.17, 15) is 4.79 Å². The monoisotopic (exact) mass is 249 g/mol. The summed E-state index contributed by atoms with van der Waals surface area (Å²) >= 11 is 0. The van der Waals surface area contributed by atoms with Gasteiger partial charge in [0.15, 0.2) is 5.69 Å². The molecule has 96 valence electrons. The van der Waals surface area contributed by atoms with Gasteiger partial charge in [-0.05, 0) is 13.0 Å². The summed E-state index contributed by atoms with van der Waals surface area (Å²) in [5.74, 6) is -0.214. The van der Waals surface area contributed by atoms with Crippen molar-refractivity contribution < 1.29 is 9.53 Å². The summed E-state index contributed by atoms with van der Waals surface area (Å²) < 4.78 is 8.23. The molecule has 0 aliphatic rings. The Bertz CT molecular complexity index is 558. The Balaban J connectivity index is 2.18. The average Bonchev–Trinajstić information content (AvgIpc) is 2.88. The molecule has 0 bridgehead atoms. The highest BCUT2D eigenvalue weighted by Crippen LogP contribution is 2.13. The maximum absolute atomic E-state index is 11.5. The third-order valence-electron chi connectivity index (χ3n) is 2.45. The second kappa shape index (κ2) is 4.91. The molecule has 0 spiro atoms. The molecular weight excluding hydrogens is 234 g/mol. The summed E-state index contributed by atoms with van der Waals surface area (Å²) in [7, 11) is 1.84. The molecule has 0 saturated carbocycles. The molecule has 0 aliphatic heterocycles. The normalized spacial score (nSPS) is 10.6. The zero-order valence-corrected chi connectivity index (χ0v) is 10.3. The molecule has 2 rings (SSSR count). The first-order chi connectivity index (χ1) is 8.61. The van der Waals surface area contributed by atoms with Gasteiger partial charge in [0.05, 0.1) is 25.2 Å². The topological polar surface area (TPSA) is 88.0 Å². The molecular formula is C11H15N5O2. The van der Waals surface area contributed by atoms with E-state index in [1.165, 1.54) is 6.33 Å². The summed E-state index contributed by atoms with van der Waals surface area (Å²) in [6.07, 6.45) is 3.35. The molecule has 7 heteroatoms. The maximum Gasteiger partial charge on any atom is 0.360 e. The molecule has 2 heterocycles. The highest BCUT2D eigenvalue weighted by atomic mass is 16.5. The van der Waals surface area contributed by atoms with Crippen molar-refractivity contribution in [2.75, 3.05) is 12.3 Å². The Morgan fingerprint density at radius 1 is 1.56 bits per heavy atom. The van der Waals surface area contributed by atoms with E-state index >= 15 is 0 Å². The quantitative estimate of drug-likeness (QED) is 0.793. The third-order valence-corrected chi connectivity index (χ3v) is 2.45. The van der Waals surface area contributed by atoms with Crippen LogP contribution in [0.2, 0.25) is 0 Å². The van der Waals surface area contributed by atoms with Crippen LogP contribution in [0.25, 0.3) is 0 Å². The van der Waals surface area contributed by atoms with Crippen LogP contribution in [0.3, 0.4) is 0 Å². The number of hydrogen-bond donors (Lipinski definition) is 1. The lowest BCUT2D eigenvalue weighted by Crippen LogP contribution is -2.10. The minimum atomic E-state index is -0.505. The minimum absolute atomic E-state index is 0.146. The number of aromatic nitrogens is 4. The second-order valence-electron chi connectivity index (χ2n) is 3.81. The number of aryl methyl sites for hydroxylation is 1. The first kappa shape index (κ1) is 12.2. The van der Waals surface area contributed by atoms with Gasteiger partial charge in [0.25, 0.3) is 0 Å². The van der Waals surface area contributed by atoms with Crippen LogP contribution in [0.15, 0.2) is 18.6 Å². The number of carbonyl (C=O) groups is 1. The van der Waals surface area contributed by atoms with E-state index in [4.69, 9.17) is 10.5 Å². The van der Waals surface area contributed by atoms with Crippen LogP contribution < -0.4 is 5.73 Å². The van der Waals surface area contributed by atoms with E-state index in [0.717, 1.165) is 5.69 Å². The van der Waals surface area contributed by atoms with Gasteiger partial charge in [-0.2, -0.15) is 5.10 Å². The smallest absolute Gasteiger partial charge is 0.360 e. The van der Waals surface area contributed by atoms with Gasteiger partial charge in [0.1, 0.15) is 5.82 Å². The van der Waals surface area contributed by atoms with Crippen molar-refractivity contribution in [1.29, 1.82) is 0 Å². The van der Waals surface area contributed by atoms with Crippen molar-refractivity contribution in [1.82, 2.24) is 19.3 Å². The number of esters is 1. The summed E-state index contributed by atoms with van der Waals surface area (Å²) in [5, 5.41) is 4.23. The molecule has 0 aromatic carbocycles. The van der Waals surface area contributed by atoms with Crippen LogP contribution >= 0.6 is 0 Å². The highest BCUT2D eigenvalue weighted by molar-refractivity contribution is 5.92. The Morgan fingerprint density at radius 3 is 2.94 bits per heavy atom. The number of anilines is 1. The SMILES string of the molecule is CCOC(=O)c1ncn(Cc2ccn(C)n2)c1N. The molecule has 0 unspecified atom stereocenters. The molecule has 0 saturated heterocycles. The minimum Gasteiger partial charge on any atom is -0.461 e. The van der Waals surface area contributed by atoms with Gasteiger partial charge < -0.3 is 15.0 Å². The Labute approximate surface area is 104 Å². The number of carbonyl (C=O) groups excluding carboxylic acids is 1. The molecule has 7 nitrogen and oxygen atoms in total. The first-order valence-electron chi connectivity index (χ1n) is 5.58. The second-order valence-corrected chi connectivity index (χ2v) is 3.81. The Morgan fingerprint density at radius 2 is 2.33 bits per heavy atom. The van der Waals surface area contributed by atoms with E-state index < -0.39 is 5.97 Å². The largest absolute Gasteiger partial charge is 0.461 e. The van der Waals surface area contributed by atoms with Gasteiger partial charge in [0.2, 0.25) is 0 Å². The Kier molecular flexibility index (Phi) is 3.31. The molecule has 0 fully saturated rings. The van der Waals surface area contributed by atoms with Gasteiger partial charge in [-0.1, -0.05) is 0 Å². The lowest BCUT2D eigenvalue weighted by Gasteiger charge is -2.03. The Hall–Kier alpha value is -2.31. The highest BCUT2D eigenvalue weighted by Gasteiger charge is 2.17. The summed E-state index contributed by atoms with van der Waals surface area (Å²) in [5.41, 5.74) is 6.84. The fourth-order valence-corrected chi connectivity index (χ4v) is 1.60. The van der Waals surface area contributed by atoms with Crippen LogP contribution in [0.1, 0.15) is 23.1 Å². The standard InChI is InChI=1S/C11H15N5O2/c1-3-18-11(17)9-10(12)16(7-13-9)6-8-4-5-15(2)14-8/h4-5,7H,3,6,12H2,1-2H3. The van der Waals surface area contributed by atoms with E-state index in [1.807, 2.05) is 19.3 Å². The number of ether oxygens (including phenoxy) is 1. The molecule has 0 atom stereocenters. The number of nitrogen functional groups attached to an aromatic ring is 1. The average molecular weight is 249 g/mol. The lowest BCUT2D eigenvalue weighted by molar-refractivity contribution is 0.0521. The van der Waals surface area contributed by atoms with Crippen molar-refractivity contribution in [2.45, 2.75) is 13.5 Å². The molecule has 0 aliphatic carbocycles. The van der Waals surface area contributed by atoms with E-state index in [1.54, 1.807) is 16.2 Å². The summed E-state index contributed by atoms with van der Waals surface area (Å²) in [4.78, 5) is 15.5. The zero-order chi connectivity index (χ0) is 13.1. The maximum atomic E-state index is 11.5. The van der Waals surface area contributed by atoms with Gasteiger partial charge in [-0.15, -0.1) is 0 Å². The van der Waals surface area contributed by atoms with Gasteiger partial charge in [-0.3, -0.25) is 4.68 Å². The van der Waals surface area contributed by atoms with Crippen LogP contribution in [0.5, 0.6) is 0 Å². The van der Waals surface area contributed by atoms with Crippen LogP contribution in [-0.2, 0) is 18.3 Å². The summed E-state index contributed by atoms with van der Waals surface area (Å²) in [6, 6.07) is 1.88. The third kappa shape index (κ3) is 2.34. The summed E-state index contributed by atoms with van der Waals surface area (Å²) in [6.45, 7) is 2.50. The zero-order valence-electron chi connectivity index (χ0n) is 10.3. The van der Waals surface area contributed by atoms with Crippen LogP contribution in [0.4, 0.5) is 5.82 Å². The molecule has 2 aromatic heterocycles. The number of hydrogen-bond acceptors (Lipinski definition) is 5. The number of nitrogens with two attached hydrogens (primary N) is 1. The van der Waals surface area contributed by atoms with Crippen molar-refractivity contribution in [3.05, 3.63) is 30.0 Å². The number of rotatable bonds is 4. The van der Waals surface area contributed by atoms with E-state index in [0.29, 0.717) is 19.0 Å². The molecule has 0 radical (unpaired) electrons. The van der Waals surface area contributed by atoms with Crippen molar-refractivity contribution >= 4 is 11.8 Å². The fourth-order valence-electron chi connectivity index (χ4n) is 1.60. The van der Waals surface area contributed by atoms with Crippen molar-refractivity contribution in [3.8, 4) is 0 Å². The molecule has 2 N–H and O–H groups in total. The fraction of sp³-hybridized carbons (Fsp3) is 0.364. The van der Waals surface area contributed by atoms with Crippen LogP contribution in [0, 0.1) is 0 Å².